The van der Waals surface area contributed by atoms with Gasteiger partial charge in [0.25, 0.3) is 10.1 Å². The molecule has 0 saturated carbocycles. The number of hydrogen-bond acceptors (Lipinski definition) is 6. The summed E-state index contributed by atoms with van der Waals surface area (Å²) in [7, 11) is -3.86. The molecule has 1 aromatic carbocycles. The highest BCUT2D eigenvalue weighted by Crippen LogP contribution is 2.16. The molecule has 2 rings (SSSR count). The van der Waals surface area contributed by atoms with Gasteiger partial charge in [0.05, 0.1) is 24.7 Å². The fourth-order valence-corrected chi connectivity index (χ4v) is 3.19. The van der Waals surface area contributed by atoms with Crippen LogP contribution in [0, 0.1) is 6.92 Å². The summed E-state index contributed by atoms with van der Waals surface area (Å²) in [6.07, 6.45) is -0.969. The Morgan fingerprint density at radius 1 is 1.28 bits per heavy atom. The molecule has 0 radical (unpaired) electrons. The van der Waals surface area contributed by atoms with Gasteiger partial charge in [-0.15, -0.1) is 0 Å². The molecule has 0 N–H and O–H groups in total. The molecule has 1 aliphatic heterocycles. The molecule has 7 nitrogen and oxygen atoms in total. The molecule has 1 saturated heterocycles. The zero-order valence-electron chi connectivity index (χ0n) is 15.0. The van der Waals surface area contributed by atoms with Gasteiger partial charge < -0.3 is 14.4 Å². The van der Waals surface area contributed by atoms with E-state index in [1.54, 1.807) is 32.9 Å². The largest absolute Gasteiger partial charge is 0.444 e. The maximum atomic E-state index is 12.2. The molecule has 1 aromatic rings. The molecular weight excluding hydrogens is 346 g/mol. The Kier molecular flexibility index (Phi) is 6.08. The minimum Gasteiger partial charge on any atom is -0.444 e. The Bertz CT molecular complexity index is 693. The average Bonchev–Trinajstić information content (AvgIpc) is 2.52. The van der Waals surface area contributed by atoms with Gasteiger partial charge in [-0.1, -0.05) is 17.7 Å². The van der Waals surface area contributed by atoms with E-state index in [2.05, 4.69) is 0 Å². The molecule has 1 atom stereocenters. The van der Waals surface area contributed by atoms with E-state index in [1.807, 2.05) is 6.92 Å². The van der Waals surface area contributed by atoms with Crippen LogP contribution in [0.25, 0.3) is 0 Å². The third-order valence-electron chi connectivity index (χ3n) is 3.51. The van der Waals surface area contributed by atoms with E-state index < -0.39 is 27.9 Å². The number of carbonyl (C=O) groups is 1. The van der Waals surface area contributed by atoms with E-state index >= 15 is 0 Å². The highest BCUT2D eigenvalue weighted by molar-refractivity contribution is 7.86. The summed E-state index contributed by atoms with van der Waals surface area (Å²) in [6, 6.07) is 6.41. The molecule has 0 aliphatic carbocycles. The SMILES string of the molecule is Cc1ccc(S(=O)(=O)OC[C@H]2CN(C(=O)OC(C)(C)C)CCO2)cc1. The zero-order chi connectivity index (χ0) is 18.7. The summed E-state index contributed by atoms with van der Waals surface area (Å²) in [5.41, 5.74) is 0.374. The van der Waals surface area contributed by atoms with Crippen LogP contribution in [0.15, 0.2) is 29.2 Å². The monoisotopic (exact) mass is 371 g/mol. The Hall–Kier alpha value is -1.64. The van der Waals surface area contributed by atoms with Crippen molar-refractivity contribution in [2.75, 3.05) is 26.3 Å². The van der Waals surface area contributed by atoms with Crippen molar-refractivity contribution < 1.29 is 26.9 Å². The highest BCUT2D eigenvalue weighted by Gasteiger charge is 2.29. The summed E-state index contributed by atoms with van der Waals surface area (Å²) in [6.45, 7) is 8.01. The van der Waals surface area contributed by atoms with Crippen molar-refractivity contribution in [1.82, 2.24) is 4.90 Å². The second-order valence-corrected chi connectivity index (χ2v) is 8.59. The van der Waals surface area contributed by atoms with E-state index in [1.165, 1.54) is 17.0 Å². The van der Waals surface area contributed by atoms with Crippen molar-refractivity contribution in [2.45, 2.75) is 44.3 Å². The quantitative estimate of drug-likeness (QED) is 0.756. The van der Waals surface area contributed by atoms with E-state index in [0.717, 1.165) is 5.56 Å². The average molecular weight is 371 g/mol. The third-order valence-corrected chi connectivity index (χ3v) is 4.81. The van der Waals surface area contributed by atoms with E-state index in [9.17, 15) is 13.2 Å². The zero-order valence-corrected chi connectivity index (χ0v) is 15.8. The molecule has 1 fully saturated rings. The Morgan fingerprint density at radius 2 is 1.92 bits per heavy atom. The molecule has 1 heterocycles. The second kappa shape index (κ2) is 7.72. The fraction of sp³-hybridized carbons (Fsp3) is 0.588. The number of nitrogens with zero attached hydrogens (tertiary/aromatic N) is 1. The summed E-state index contributed by atoms with van der Waals surface area (Å²) < 4.78 is 40.3. The number of benzene rings is 1. The molecule has 0 unspecified atom stereocenters. The van der Waals surface area contributed by atoms with Crippen molar-refractivity contribution in [3.8, 4) is 0 Å². The number of amides is 1. The first-order valence-electron chi connectivity index (χ1n) is 8.12. The van der Waals surface area contributed by atoms with Crippen LogP contribution >= 0.6 is 0 Å². The molecule has 0 spiro atoms. The van der Waals surface area contributed by atoms with Crippen LogP contribution < -0.4 is 0 Å². The van der Waals surface area contributed by atoms with Gasteiger partial charge in [0, 0.05) is 6.54 Å². The number of ether oxygens (including phenoxy) is 2. The van der Waals surface area contributed by atoms with Crippen LogP contribution in [-0.4, -0.2) is 57.4 Å². The molecule has 140 valence electrons. The molecular formula is C17H25NO6S. The Balaban J connectivity index is 1.92. The predicted octanol–water partition coefficient (Wildman–Crippen LogP) is 2.34. The smallest absolute Gasteiger partial charge is 0.410 e. The van der Waals surface area contributed by atoms with Gasteiger partial charge in [-0.2, -0.15) is 8.42 Å². The normalized spacial score (nSPS) is 18.9. The number of hydrogen-bond donors (Lipinski definition) is 0. The van der Waals surface area contributed by atoms with Crippen LogP contribution in [0.5, 0.6) is 0 Å². The molecule has 0 aromatic heterocycles. The number of carbonyl (C=O) groups excluding carboxylic acids is 1. The Labute approximate surface area is 149 Å². The molecule has 25 heavy (non-hydrogen) atoms. The lowest BCUT2D eigenvalue weighted by Crippen LogP contribution is -2.48. The maximum absolute atomic E-state index is 12.2. The summed E-state index contributed by atoms with van der Waals surface area (Å²) in [4.78, 5) is 13.7. The molecule has 8 heteroatoms. The van der Waals surface area contributed by atoms with Crippen molar-refractivity contribution in [1.29, 1.82) is 0 Å². The second-order valence-electron chi connectivity index (χ2n) is 6.97. The summed E-state index contributed by atoms with van der Waals surface area (Å²) in [5, 5.41) is 0. The summed E-state index contributed by atoms with van der Waals surface area (Å²) in [5.74, 6) is 0. The number of rotatable bonds is 4. The third kappa shape index (κ3) is 5.98. The topological polar surface area (TPSA) is 82.1 Å². The first-order chi connectivity index (χ1) is 11.6. The molecule has 1 aliphatic rings. The first kappa shape index (κ1) is 19.7. The first-order valence-corrected chi connectivity index (χ1v) is 9.53. The molecule has 0 bridgehead atoms. The lowest BCUT2D eigenvalue weighted by atomic mass is 10.2. The fourth-order valence-electron chi connectivity index (χ4n) is 2.25. The van der Waals surface area contributed by atoms with Crippen LogP contribution in [-0.2, 0) is 23.8 Å². The number of morpholine rings is 1. The maximum Gasteiger partial charge on any atom is 0.410 e. The standard InChI is InChI=1S/C17H25NO6S/c1-13-5-7-15(8-6-13)25(20,21)23-12-14-11-18(9-10-22-14)16(19)24-17(2,3)4/h5-8,14H,9-12H2,1-4H3/t14-/m1/s1. The van der Waals surface area contributed by atoms with Gasteiger partial charge in [0.1, 0.15) is 11.7 Å². The lowest BCUT2D eigenvalue weighted by molar-refractivity contribution is -0.0549. The highest BCUT2D eigenvalue weighted by atomic mass is 32.2. The lowest BCUT2D eigenvalue weighted by Gasteiger charge is -2.33. The van der Waals surface area contributed by atoms with E-state index in [-0.39, 0.29) is 18.0 Å². The van der Waals surface area contributed by atoms with Crippen molar-refractivity contribution in [3.05, 3.63) is 29.8 Å². The predicted molar refractivity (Wildman–Crippen MR) is 91.9 cm³/mol. The Morgan fingerprint density at radius 3 is 2.52 bits per heavy atom. The minimum atomic E-state index is -3.86. The van der Waals surface area contributed by atoms with E-state index in [4.69, 9.17) is 13.7 Å². The van der Waals surface area contributed by atoms with Gasteiger partial charge in [-0.3, -0.25) is 4.18 Å². The van der Waals surface area contributed by atoms with Gasteiger partial charge in [0.15, 0.2) is 0 Å². The van der Waals surface area contributed by atoms with Crippen LogP contribution in [0.4, 0.5) is 4.79 Å². The van der Waals surface area contributed by atoms with Crippen molar-refractivity contribution in [3.63, 3.8) is 0 Å². The van der Waals surface area contributed by atoms with Gasteiger partial charge in [-0.25, -0.2) is 4.79 Å². The minimum absolute atomic E-state index is 0.0953. The molecule has 1 amide bonds. The van der Waals surface area contributed by atoms with Crippen molar-refractivity contribution >= 4 is 16.2 Å². The van der Waals surface area contributed by atoms with Crippen LogP contribution in [0.2, 0.25) is 0 Å². The van der Waals surface area contributed by atoms with Crippen LogP contribution in [0.3, 0.4) is 0 Å². The summed E-state index contributed by atoms with van der Waals surface area (Å²) >= 11 is 0. The number of aryl methyl sites for hydroxylation is 1. The van der Waals surface area contributed by atoms with Gasteiger partial charge in [-0.05, 0) is 39.8 Å². The van der Waals surface area contributed by atoms with Gasteiger partial charge in [0.2, 0.25) is 0 Å². The van der Waals surface area contributed by atoms with Crippen molar-refractivity contribution in [2.24, 2.45) is 0 Å². The van der Waals surface area contributed by atoms with E-state index in [0.29, 0.717) is 13.2 Å². The van der Waals surface area contributed by atoms with Gasteiger partial charge >= 0.3 is 6.09 Å². The van der Waals surface area contributed by atoms with Crippen LogP contribution in [0.1, 0.15) is 26.3 Å².